The van der Waals surface area contributed by atoms with Crippen molar-refractivity contribution in [3.8, 4) is 23.0 Å². The van der Waals surface area contributed by atoms with Crippen LogP contribution in [0.1, 0.15) is 30.4 Å². The van der Waals surface area contributed by atoms with E-state index in [1.807, 2.05) is 48.5 Å². The zero-order valence-corrected chi connectivity index (χ0v) is 17.5. The molecule has 166 valence electrons. The van der Waals surface area contributed by atoms with Gasteiger partial charge in [0.1, 0.15) is 12.6 Å². The fourth-order valence-corrected chi connectivity index (χ4v) is 3.60. The number of aliphatic carboxylic acids is 1. The van der Waals surface area contributed by atoms with Crippen LogP contribution in [0.25, 0.3) is 11.1 Å². The summed E-state index contributed by atoms with van der Waals surface area (Å²) >= 11 is 0. The van der Waals surface area contributed by atoms with E-state index in [0.29, 0.717) is 0 Å². The quantitative estimate of drug-likeness (QED) is 0.468. The van der Waals surface area contributed by atoms with E-state index in [-0.39, 0.29) is 18.9 Å². The van der Waals surface area contributed by atoms with Crippen LogP contribution in [0.2, 0.25) is 0 Å². The molecule has 0 fully saturated rings. The Morgan fingerprint density at radius 1 is 1.06 bits per heavy atom. The lowest BCUT2D eigenvalue weighted by molar-refractivity contribution is -0.146. The molecule has 4 N–H and O–H groups in total. The Hall–Kier alpha value is -3.83. The maximum Gasteiger partial charge on any atom is 0.407 e. The monoisotopic (exact) mass is 436 g/mol. The van der Waals surface area contributed by atoms with Crippen molar-refractivity contribution in [2.45, 2.75) is 31.4 Å². The molecule has 1 aliphatic carbocycles. The number of nitrogens with one attached hydrogen (secondary N) is 2. The number of aliphatic hydroxyl groups excluding tert-OH is 1. The van der Waals surface area contributed by atoms with E-state index < -0.39 is 36.7 Å². The second-order valence-electron chi connectivity index (χ2n) is 7.25. The second-order valence-corrected chi connectivity index (χ2v) is 7.25. The maximum atomic E-state index is 12.4. The number of carbonyl (C=O) groups excluding carboxylic acids is 2. The predicted octanol–water partition coefficient (Wildman–Crippen LogP) is 1.87. The molecule has 0 aliphatic heterocycles. The highest BCUT2D eigenvalue weighted by molar-refractivity contribution is 5.86. The maximum absolute atomic E-state index is 12.4. The van der Waals surface area contributed by atoms with Gasteiger partial charge in [0, 0.05) is 12.3 Å². The molecule has 2 amide bonds. The lowest BCUT2D eigenvalue weighted by Crippen LogP contribution is -2.49. The largest absolute Gasteiger partial charge is 0.479 e. The Morgan fingerprint density at radius 3 is 2.22 bits per heavy atom. The van der Waals surface area contributed by atoms with Crippen molar-refractivity contribution >= 4 is 18.0 Å². The molecule has 1 aliphatic rings. The van der Waals surface area contributed by atoms with Crippen LogP contribution in [0.3, 0.4) is 0 Å². The lowest BCUT2D eigenvalue weighted by Gasteiger charge is -2.19. The number of hydrogen-bond acceptors (Lipinski definition) is 5. The molecule has 0 saturated heterocycles. The number of carbonyl (C=O) groups is 3. The van der Waals surface area contributed by atoms with Crippen LogP contribution in [0.5, 0.6) is 0 Å². The summed E-state index contributed by atoms with van der Waals surface area (Å²) in [7, 11) is 0. The van der Waals surface area contributed by atoms with Gasteiger partial charge in [0.15, 0.2) is 6.10 Å². The van der Waals surface area contributed by atoms with E-state index in [2.05, 4.69) is 22.5 Å². The fraction of sp³-hybridized carbons (Fsp3) is 0.292. The van der Waals surface area contributed by atoms with Gasteiger partial charge in [-0.2, -0.15) is 0 Å². The molecular formula is C24H24N2O6. The average molecular weight is 436 g/mol. The zero-order chi connectivity index (χ0) is 23.1. The van der Waals surface area contributed by atoms with Gasteiger partial charge in [0.25, 0.3) is 0 Å². The summed E-state index contributed by atoms with van der Waals surface area (Å²) in [4.78, 5) is 35.5. The third-order valence-corrected chi connectivity index (χ3v) is 5.19. The van der Waals surface area contributed by atoms with E-state index >= 15 is 0 Å². The Bertz CT molecular complexity index is 1030. The number of hydrogen-bond donors (Lipinski definition) is 4. The molecule has 2 atom stereocenters. The Balaban J connectivity index is 1.63. The molecule has 0 spiro atoms. The second kappa shape index (κ2) is 10.5. The van der Waals surface area contributed by atoms with Gasteiger partial charge in [-0.3, -0.25) is 4.79 Å². The van der Waals surface area contributed by atoms with E-state index in [4.69, 9.17) is 9.84 Å². The summed E-state index contributed by atoms with van der Waals surface area (Å²) in [6.45, 7) is 1.19. The summed E-state index contributed by atoms with van der Waals surface area (Å²) in [6.07, 6.45) is -2.52. The topological polar surface area (TPSA) is 125 Å². The van der Waals surface area contributed by atoms with Gasteiger partial charge in [0.2, 0.25) is 5.91 Å². The highest BCUT2D eigenvalue weighted by Gasteiger charge is 2.29. The number of aliphatic hydroxyl groups is 1. The van der Waals surface area contributed by atoms with E-state index in [9.17, 15) is 19.5 Å². The van der Waals surface area contributed by atoms with Crippen LogP contribution < -0.4 is 10.6 Å². The van der Waals surface area contributed by atoms with Crippen LogP contribution in [0.15, 0.2) is 48.5 Å². The molecule has 0 radical (unpaired) electrons. The number of rotatable bonds is 8. The van der Waals surface area contributed by atoms with Crippen LogP contribution in [0, 0.1) is 11.8 Å². The van der Waals surface area contributed by atoms with Crippen LogP contribution in [-0.4, -0.2) is 53.5 Å². The van der Waals surface area contributed by atoms with E-state index in [0.717, 1.165) is 22.3 Å². The summed E-state index contributed by atoms with van der Waals surface area (Å²) in [5.74, 6) is 3.10. The number of alkyl carbamates (subject to hydrolysis) is 1. The highest BCUT2D eigenvalue weighted by atomic mass is 16.5. The van der Waals surface area contributed by atoms with Crippen molar-refractivity contribution in [2.75, 3.05) is 13.2 Å². The highest BCUT2D eigenvalue weighted by Crippen LogP contribution is 2.44. The number of carboxylic acids is 1. The summed E-state index contributed by atoms with van der Waals surface area (Å²) in [5.41, 5.74) is 4.33. The zero-order valence-electron chi connectivity index (χ0n) is 17.5. The number of benzene rings is 2. The number of ether oxygens (including phenoxy) is 1. The first-order chi connectivity index (χ1) is 15.4. The molecule has 2 aromatic carbocycles. The van der Waals surface area contributed by atoms with Crippen LogP contribution in [-0.2, 0) is 14.3 Å². The molecule has 32 heavy (non-hydrogen) atoms. The molecule has 0 saturated carbocycles. The smallest absolute Gasteiger partial charge is 0.407 e. The minimum Gasteiger partial charge on any atom is -0.479 e. The number of fused-ring (bicyclic) bond motifs is 3. The molecule has 8 nitrogen and oxygen atoms in total. The van der Waals surface area contributed by atoms with Gasteiger partial charge in [-0.25, -0.2) is 9.59 Å². The van der Waals surface area contributed by atoms with Crippen molar-refractivity contribution in [3.63, 3.8) is 0 Å². The summed E-state index contributed by atoms with van der Waals surface area (Å²) in [5, 5.41) is 22.8. The van der Waals surface area contributed by atoms with Crippen LogP contribution in [0.4, 0.5) is 4.79 Å². The number of carboxylic acid groups (broad SMARTS) is 1. The minimum absolute atomic E-state index is 0.00962. The SMILES string of the molecule is CC#CCC(NC(=O)OCC1c2ccccc2-c2ccccc21)C(=O)NC[C@H](O)C(=O)O. The molecule has 0 bridgehead atoms. The number of amides is 2. The summed E-state index contributed by atoms with van der Waals surface area (Å²) in [6, 6.07) is 14.8. The average Bonchev–Trinajstić information content (AvgIpc) is 3.12. The molecule has 2 aromatic rings. The van der Waals surface area contributed by atoms with Gasteiger partial charge in [0.05, 0.1) is 6.54 Å². The van der Waals surface area contributed by atoms with E-state index in [1.54, 1.807) is 6.92 Å². The van der Waals surface area contributed by atoms with Crippen molar-refractivity contribution < 1.29 is 29.3 Å². The van der Waals surface area contributed by atoms with Gasteiger partial charge in [-0.1, -0.05) is 48.5 Å². The molecular weight excluding hydrogens is 412 g/mol. The first-order valence-corrected chi connectivity index (χ1v) is 10.1. The molecule has 0 heterocycles. The Morgan fingerprint density at radius 2 is 1.66 bits per heavy atom. The predicted molar refractivity (Wildman–Crippen MR) is 117 cm³/mol. The molecule has 1 unspecified atom stereocenters. The van der Waals surface area contributed by atoms with Gasteiger partial charge in [-0.15, -0.1) is 11.8 Å². The van der Waals surface area contributed by atoms with Crippen molar-refractivity contribution in [2.24, 2.45) is 0 Å². The third kappa shape index (κ3) is 5.25. The summed E-state index contributed by atoms with van der Waals surface area (Å²) < 4.78 is 5.44. The standard InChI is InChI=1S/C24H24N2O6/c1-2-3-12-20(22(28)25-13-21(27)23(29)30)26-24(31)32-14-19-17-10-6-4-8-15(17)16-9-5-7-11-18(16)19/h4-11,19-21,27H,12-14H2,1H3,(H,25,28)(H,26,31)(H,29,30)/t20?,21-/m0/s1. The van der Waals surface area contributed by atoms with Gasteiger partial charge >= 0.3 is 12.1 Å². The first-order valence-electron chi connectivity index (χ1n) is 10.1. The van der Waals surface area contributed by atoms with Crippen molar-refractivity contribution in [1.82, 2.24) is 10.6 Å². The van der Waals surface area contributed by atoms with Crippen molar-refractivity contribution in [3.05, 3.63) is 59.7 Å². The molecule has 0 aromatic heterocycles. The van der Waals surface area contributed by atoms with E-state index in [1.165, 1.54) is 0 Å². The van der Waals surface area contributed by atoms with Gasteiger partial charge in [-0.05, 0) is 29.2 Å². The molecule has 8 heteroatoms. The first kappa shape index (κ1) is 22.8. The lowest BCUT2D eigenvalue weighted by atomic mass is 9.98. The van der Waals surface area contributed by atoms with Crippen LogP contribution >= 0.6 is 0 Å². The Labute approximate surface area is 185 Å². The third-order valence-electron chi connectivity index (χ3n) is 5.19. The van der Waals surface area contributed by atoms with Crippen molar-refractivity contribution in [1.29, 1.82) is 0 Å². The van der Waals surface area contributed by atoms with Gasteiger partial charge < -0.3 is 25.6 Å². The Kier molecular flexibility index (Phi) is 7.47. The minimum atomic E-state index is -1.74. The normalized spacial score (nSPS) is 13.6. The fourth-order valence-electron chi connectivity index (χ4n) is 3.60. The molecule has 3 rings (SSSR count).